The molecule has 1 N–H and O–H groups in total. The van der Waals surface area contributed by atoms with Gasteiger partial charge in [0.15, 0.2) is 0 Å². The van der Waals surface area contributed by atoms with E-state index >= 15 is 0 Å². The number of hydrogen-bond donors (Lipinski definition) is 1. The van der Waals surface area contributed by atoms with Gasteiger partial charge in [0, 0.05) is 5.70 Å². The fourth-order valence-electron chi connectivity index (χ4n) is 3.44. The van der Waals surface area contributed by atoms with Crippen molar-refractivity contribution in [3.05, 3.63) is 65.4 Å². The fourth-order valence-corrected chi connectivity index (χ4v) is 3.44. The molecule has 0 unspecified atom stereocenters. The minimum absolute atomic E-state index is 0.336. The zero-order valence-electron chi connectivity index (χ0n) is 14.8. The quantitative estimate of drug-likeness (QED) is 0.733. The van der Waals surface area contributed by atoms with Crippen LogP contribution in [0, 0.1) is 0 Å². The summed E-state index contributed by atoms with van der Waals surface area (Å²) in [6.07, 6.45) is 0. The number of aromatic nitrogens is 2. The molecule has 4 rings (SSSR count). The molecule has 6 nitrogen and oxygen atoms in total. The van der Waals surface area contributed by atoms with E-state index in [0.717, 1.165) is 28.0 Å². The number of carbonyl (C=O) groups excluding carboxylic acids is 1. The lowest BCUT2D eigenvalue weighted by Gasteiger charge is -2.30. The monoisotopic (exact) mass is 349 g/mol. The third kappa shape index (κ3) is 2.42. The highest BCUT2D eigenvalue weighted by molar-refractivity contribution is 5.94. The van der Waals surface area contributed by atoms with Gasteiger partial charge in [0.1, 0.15) is 5.75 Å². The second kappa shape index (κ2) is 6.22. The number of nitrogens with zero attached hydrogens (tertiary/aromatic N) is 2. The maximum Gasteiger partial charge on any atom is 0.337 e. The van der Waals surface area contributed by atoms with E-state index in [9.17, 15) is 4.79 Å². The minimum Gasteiger partial charge on any atom is -0.497 e. The number of carbonyl (C=O) groups is 1. The van der Waals surface area contributed by atoms with Crippen molar-refractivity contribution in [2.45, 2.75) is 13.0 Å². The third-order valence-corrected chi connectivity index (χ3v) is 4.67. The van der Waals surface area contributed by atoms with Crippen LogP contribution in [0.2, 0.25) is 0 Å². The number of benzene rings is 2. The third-order valence-electron chi connectivity index (χ3n) is 4.67. The lowest BCUT2D eigenvalue weighted by atomic mass is 9.95. The Morgan fingerprint density at radius 2 is 1.85 bits per heavy atom. The molecule has 0 spiro atoms. The lowest BCUT2D eigenvalue weighted by Crippen LogP contribution is -2.28. The van der Waals surface area contributed by atoms with E-state index in [0.29, 0.717) is 11.5 Å². The van der Waals surface area contributed by atoms with Gasteiger partial charge in [-0.1, -0.05) is 24.3 Å². The molecule has 132 valence electrons. The van der Waals surface area contributed by atoms with Gasteiger partial charge in [-0.15, -0.1) is 0 Å². The Morgan fingerprint density at radius 3 is 2.54 bits per heavy atom. The van der Waals surface area contributed by atoms with Crippen molar-refractivity contribution in [2.75, 3.05) is 19.5 Å². The van der Waals surface area contributed by atoms with Gasteiger partial charge in [0.25, 0.3) is 0 Å². The average Bonchev–Trinajstić information content (AvgIpc) is 3.04. The van der Waals surface area contributed by atoms with Gasteiger partial charge < -0.3 is 14.8 Å². The number of imidazole rings is 1. The topological polar surface area (TPSA) is 65.4 Å². The number of ether oxygens (including phenoxy) is 2. The second-order valence-electron chi connectivity index (χ2n) is 6.13. The summed E-state index contributed by atoms with van der Waals surface area (Å²) >= 11 is 0. The van der Waals surface area contributed by atoms with Crippen molar-refractivity contribution < 1.29 is 14.3 Å². The van der Waals surface area contributed by atoms with E-state index in [1.165, 1.54) is 7.11 Å². The molecule has 26 heavy (non-hydrogen) atoms. The summed E-state index contributed by atoms with van der Waals surface area (Å²) in [5.74, 6) is 1.11. The maximum absolute atomic E-state index is 12.6. The molecule has 3 aromatic rings. The van der Waals surface area contributed by atoms with Crippen LogP contribution in [0.4, 0.5) is 5.95 Å². The molecular formula is C20H19N3O3. The lowest BCUT2D eigenvalue weighted by molar-refractivity contribution is -0.136. The number of allylic oxidation sites excluding steroid dienone is 1. The van der Waals surface area contributed by atoms with Crippen LogP contribution in [0.5, 0.6) is 5.75 Å². The molecule has 2 aromatic carbocycles. The van der Waals surface area contributed by atoms with Gasteiger partial charge in [0.2, 0.25) is 5.95 Å². The van der Waals surface area contributed by atoms with E-state index in [4.69, 9.17) is 9.47 Å². The number of hydrogen-bond acceptors (Lipinski definition) is 5. The summed E-state index contributed by atoms with van der Waals surface area (Å²) in [5.41, 5.74) is 4.07. The Labute approximate surface area is 151 Å². The standard InChI is InChI=1S/C20H19N3O3/c1-12-17(19(24)26-3)18(13-8-10-14(25-2)11-9-13)23-16-7-5-4-6-15(16)22-20(23)21-12/h4-11,18H,1-3H3,(H,21,22)/t18-/m1/s1. The number of para-hydroxylation sites is 2. The molecule has 0 bridgehead atoms. The summed E-state index contributed by atoms with van der Waals surface area (Å²) in [4.78, 5) is 17.2. The number of rotatable bonds is 3. The normalized spacial score (nSPS) is 16.2. The smallest absolute Gasteiger partial charge is 0.337 e. The predicted molar refractivity (Wildman–Crippen MR) is 99.2 cm³/mol. The number of esters is 1. The van der Waals surface area contributed by atoms with Crippen molar-refractivity contribution in [3.63, 3.8) is 0 Å². The van der Waals surface area contributed by atoms with Crippen molar-refractivity contribution in [1.29, 1.82) is 0 Å². The summed E-state index contributed by atoms with van der Waals surface area (Å²) < 4.78 is 12.4. The molecular weight excluding hydrogens is 330 g/mol. The van der Waals surface area contributed by atoms with Crippen LogP contribution in [-0.4, -0.2) is 29.7 Å². The summed E-state index contributed by atoms with van der Waals surface area (Å²) in [6.45, 7) is 1.87. The average molecular weight is 349 g/mol. The highest BCUT2D eigenvalue weighted by Gasteiger charge is 2.34. The fraction of sp³-hybridized carbons (Fsp3) is 0.200. The Kier molecular flexibility index (Phi) is 3.88. The Morgan fingerprint density at radius 1 is 1.12 bits per heavy atom. The molecule has 1 aliphatic heterocycles. The van der Waals surface area contributed by atoms with Gasteiger partial charge >= 0.3 is 5.97 Å². The number of fused-ring (bicyclic) bond motifs is 3. The molecule has 0 radical (unpaired) electrons. The van der Waals surface area contributed by atoms with E-state index in [1.807, 2.05) is 60.0 Å². The summed E-state index contributed by atoms with van der Waals surface area (Å²) in [5, 5.41) is 3.24. The molecule has 0 saturated carbocycles. The summed E-state index contributed by atoms with van der Waals surface area (Å²) in [7, 11) is 3.03. The van der Waals surface area contributed by atoms with Crippen LogP contribution in [0.3, 0.4) is 0 Å². The second-order valence-corrected chi connectivity index (χ2v) is 6.13. The first-order valence-corrected chi connectivity index (χ1v) is 8.31. The summed E-state index contributed by atoms with van der Waals surface area (Å²) in [6, 6.07) is 15.2. The molecule has 0 saturated heterocycles. The van der Waals surface area contributed by atoms with Gasteiger partial charge in [0.05, 0.1) is 36.9 Å². The van der Waals surface area contributed by atoms with Gasteiger partial charge in [-0.2, -0.15) is 0 Å². The zero-order valence-corrected chi connectivity index (χ0v) is 14.8. The molecule has 2 heterocycles. The van der Waals surface area contributed by atoms with Crippen LogP contribution < -0.4 is 10.1 Å². The minimum atomic E-state index is -0.362. The van der Waals surface area contributed by atoms with E-state index in [1.54, 1.807) is 7.11 Å². The van der Waals surface area contributed by atoms with Crippen LogP contribution in [-0.2, 0) is 9.53 Å². The molecule has 1 aliphatic rings. The largest absolute Gasteiger partial charge is 0.497 e. The molecule has 0 amide bonds. The molecule has 1 atom stereocenters. The van der Waals surface area contributed by atoms with Crippen LogP contribution in [0.25, 0.3) is 11.0 Å². The van der Waals surface area contributed by atoms with Gasteiger partial charge in [-0.25, -0.2) is 9.78 Å². The SMILES string of the molecule is COC(=O)C1=C(C)Nc2nc3ccccc3n2[C@@H]1c1ccc(OC)cc1. The first-order valence-electron chi connectivity index (χ1n) is 8.31. The van der Waals surface area contributed by atoms with Gasteiger partial charge in [-0.05, 0) is 36.8 Å². The van der Waals surface area contributed by atoms with Crippen LogP contribution >= 0.6 is 0 Å². The van der Waals surface area contributed by atoms with Crippen molar-refractivity contribution in [1.82, 2.24) is 9.55 Å². The van der Waals surface area contributed by atoms with E-state index < -0.39 is 0 Å². The number of anilines is 1. The maximum atomic E-state index is 12.6. The van der Waals surface area contributed by atoms with E-state index in [2.05, 4.69) is 10.3 Å². The molecule has 0 fully saturated rings. The van der Waals surface area contributed by atoms with Crippen LogP contribution in [0.1, 0.15) is 18.5 Å². The first kappa shape index (κ1) is 16.2. The van der Waals surface area contributed by atoms with Crippen LogP contribution in [0.15, 0.2) is 59.8 Å². The number of nitrogens with one attached hydrogen (secondary N) is 1. The molecule has 1 aromatic heterocycles. The Bertz CT molecular complexity index is 1020. The molecule has 6 heteroatoms. The van der Waals surface area contributed by atoms with Crippen molar-refractivity contribution in [3.8, 4) is 5.75 Å². The molecule has 0 aliphatic carbocycles. The highest BCUT2D eigenvalue weighted by Crippen LogP contribution is 2.39. The highest BCUT2D eigenvalue weighted by atomic mass is 16.5. The van der Waals surface area contributed by atoms with Crippen molar-refractivity contribution >= 4 is 23.0 Å². The number of methoxy groups -OCH3 is 2. The van der Waals surface area contributed by atoms with Gasteiger partial charge in [-0.3, -0.25) is 4.57 Å². The van der Waals surface area contributed by atoms with Crippen molar-refractivity contribution in [2.24, 2.45) is 0 Å². The Hall–Kier alpha value is -3.28. The zero-order chi connectivity index (χ0) is 18.3. The predicted octanol–water partition coefficient (Wildman–Crippen LogP) is 3.51. The van der Waals surface area contributed by atoms with E-state index in [-0.39, 0.29) is 12.0 Å². The first-order chi connectivity index (χ1) is 12.6. The Balaban J connectivity index is 1.97.